The highest BCUT2D eigenvalue weighted by atomic mass is 16.2. The predicted octanol–water partition coefficient (Wildman–Crippen LogP) is 1.50. The quantitative estimate of drug-likeness (QED) is 0.906. The molecule has 0 aliphatic rings. The second-order valence-corrected chi connectivity index (χ2v) is 4.90. The number of nitrogens with one attached hydrogen (secondary N) is 1. The maximum atomic E-state index is 12.4. The summed E-state index contributed by atoms with van der Waals surface area (Å²) in [6, 6.07) is 5.34. The number of carbonyl (C=O) groups is 2. The first kappa shape index (κ1) is 15.0. The van der Waals surface area contributed by atoms with Gasteiger partial charge in [0.15, 0.2) is 0 Å². The van der Waals surface area contributed by atoms with E-state index < -0.39 is 0 Å². The SMILES string of the molecule is CCN(CC)C(=O)CN(C)C(=O)c1ccc2cn[nH]c2c1. The van der Waals surface area contributed by atoms with Gasteiger partial charge in [0, 0.05) is 31.1 Å². The third-order valence-corrected chi connectivity index (χ3v) is 3.52. The normalized spacial score (nSPS) is 10.6. The summed E-state index contributed by atoms with van der Waals surface area (Å²) in [4.78, 5) is 27.6. The van der Waals surface area contributed by atoms with E-state index in [0.29, 0.717) is 18.7 Å². The van der Waals surface area contributed by atoms with Gasteiger partial charge in [-0.25, -0.2) is 0 Å². The van der Waals surface area contributed by atoms with Gasteiger partial charge in [0.05, 0.1) is 18.3 Å². The zero-order valence-corrected chi connectivity index (χ0v) is 12.6. The van der Waals surface area contributed by atoms with Crippen LogP contribution < -0.4 is 0 Å². The van der Waals surface area contributed by atoms with Crippen molar-refractivity contribution in [1.82, 2.24) is 20.0 Å². The topological polar surface area (TPSA) is 69.3 Å². The van der Waals surface area contributed by atoms with Gasteiger partial charge < -0.3 is 9.80 Å². The lowest BCUT2D eigenvalue weighted by Crippen LogP contribution is -2.41. The Kier molecular flexibility index (Phi) is 4.57. The van der Waals surface area contributed by atoms with Crippen LogP contribution in [0.2, 0.25) is 0 Å². The number of fused-ring (bicyclic) bond motifs is 1. The standard InChI is InChI=1S/C15H20N4O2/c1-4-19(5-2)14(20)10-18(3)15(21)11-6-7-12-9-16-17-13(12)8-11/h6-9H,4-5,10H2,1-3H3,(H,16,17). The first-order valence-electron chi connectivity index (χ1n) is 7.03. The number of aromatic amines is 1. The smallest absolute Gasteiger partial charge is 0.254 e. The first-order chi connectivity index (χ1) is 10.1. The van der Waals surface area contributed by atoms with Crippen LogP contribution in [0.5, 0.6) is 0 Å². The van der Waals surface area contributed by atoms with Gasteiger partial charge in [0.2, 0.25) is 5.91 Å². The number of H-pyrrole nitrogens is 1. The van der Waals surface area contributed by atoms with Crippen LogP contribution in [0.1, 0.15) is 24.2 Å². The van der Waals surface area contributed by atoms with Gasteiger partial charge in [0.1, 0.15) is 0 Å². The van der Waals surface area contributed by atoms with E-state index in [2.05, 4.69) is 10.2 Å². The minimum absolute atomic E-state index is 0.0431. The molecule has 0 saturated carbocycles. The molecular weight excluding hydrogens is 268 g/mol. The first-order valence-corrected chi connectivity index (χ1v) is 7.03. The van der Waals surface area contributed by atoms with Crippen LogP contribution in [0, 0.1) is 0 Å². The average molecular weight is 288 g/mol. The molecule has 0 fully saturated rings. The van der Waals surface area contributed by atoms with Crippen molar-refractivity contribution in [2.24, 2.45) is 0 Å². The molecule has 0 spiro atoms. The van der Waals surface area contributed by atoms with Gasteiger partial charge in [-0.3, -0.25) is 14.7 Å². The molecule has 0 radical (unpaired) electrons. The molecule has 0 aliphatic heterocycles. The molecule has 1 N–H and O–H groups in total. The molecule has 6 nitrogen and oxygen atoms in total. The summed E-state index contributed by atoms with van der Waals surface area (Å²) in [5, 5.41) is 7.72. The summed E-state index contributed by atoms with van der Waals surface area (Å²) in [6.45, 7) is 5.24. The molecule has 1 aromatic carbocycles. The molecule has 0 unspecified atom stereocenters. The van der Waals surface area contributed by atoms with Gasteiger partial charge in [-0.15, -0.1) is 0 Å². The molecule has 2 amide bonds. The number of likely N-dealkylation sites (N-methyl/N-ethyl adjacent to an activating group) is 2. The highest BCUT2D eigenvalue weighted by Gasteiger charge is 2.18. The largest absolute Gasteiger partial charge is 0.342 e. The van der Waals surface area contributed by atoms with Crippen molar-refractivity contribution in [2.45, 2.75) is 13.8 Å². The van der Waals surface area contributed by atoms with Crippen LogP contribution >= 0.6 is 0 Å². The fraction of sp³-hybridized carbons (Fsp3) is 0.400. The van der Waals surface area contributed by atoms with Gasteiger partial charge in [-0.05, 0) is 26.0 Å². The van der Waals surface area contributed by atoms with E-state index in [1.165, 1.54) is 4.90 Å². The lowest BCUT2D eigenvalue weighted by atomic mass is 10.1. The molecule has 0 saturated heterocycles. The Morgan fingerprint density at radius 2 is 1.95 bits per heavy atom. The van der Waals surface area contributed by atoms with Crippen LogP contribution in [0.25, 0.3) is 10.9 Å². The number of hydrogen-bond acceptors (Lipinski definition) is 3. The van der Waals surface area contributed by atoms with Crippen molar-refractivity contribution in [3.63, 3.8) is 0 Å². The Hall–Kier alpha value is -2.37. The summed E-state index contributed by atoms with van der Waals surface area (Å²) < 4.78 is 0. The van der Waals surface area contributed by atoms with Crippen LogP contribution in [-0.2, 0) is 4.79 Å². The highest BCUT2D eigenvalue weighted by Crippen LogP contribution is 2.14. The lowest BCUT2D eigenvalue weighted by molar-refractivity contribution is -0.131. The van der Waals surface area contributed by atoms with Gasteiger partial charge in [0.25, 0.3) is 5.91 Å². The van der Waals surface area contributed by atoms with Gasteiger partial charge in [-0.1, -0.05) is 6.07 Å². The Bertz CT molecular complexity index is 646. The molecule has 112 valence electrons. The third-order valence-electron chi connectivity index (χ3n) is 3.52. The fourth-order valence-electron chi connectivity index (χ4n) is 2.24. The van der Waals surface area contributed by atoms with Crippen molar-refractivity contribution in [1.29, 1.82) is 0 Å². The number of aromatic nitrogens is 2. The second kappa shape index (κ2) is 6.39. The monoisotopic (exact) mass is 288 g/mol. The van der Waals surface area contributed by atoms with Crippen molar-refractivity contribution < 1.29 is 9.59 Å². The zero-order chi connectivity index (χ0) is 15.4. The number of nitrogens with zero attached hydrogens (tertiary/aromatic N) is 3. The molecule has 0 aliphatic carbocycles. The third kappa shape index (κ3) is 3.21. The molecule has 0 bridgehead atoms. The molecule has 6 heteroatoms. The Morgan fingerprint density at radius 1 is 1.24 bits per heavy atom. The number of carbonyl (C=O) groups excluding carboxylic acids is 2. The molecule has 21 heavy (non-hydrogen) atoms. The fourth-order valence-corrected chi connectivity index (χ4v) is 2.24. The predicted molar refractivity (Wildman–Crippen MR) is 81.0 cm³/mol. The number of amides is 2. The zero-order valence-electron chi connectivity index (χ0n) is 12.6. The number of hydrogen-bond donors (Lipinski definition) is 1. The summed E-state index contributed by atoms with van der Waals surface area (Å²) in [5.41, 5.74) is 1.35. The van der Waals surface area contributed by atoms with E-state index in [0.717, 1.165) is 10.9 Å². The highest BCUT2D eigenvalue weighted by molar-refractivity contribution is 5.99. The van der Waals surface area contributed by atoms with E-state index in [1.807, 2.05) is 19.9 Å². The van der Waals surface area contributed by atoms with E-state index in [9.17, 15) is 9.59 Å². The minimum Gasteiger partial charge on any atom is -0.342 e. The van der Waals surface area contributed by atoms with Gasteiger partial charge >= 0.3 is 0 Å². The van der Waals surface area contributed by atoms with E-state index in [1.54, 1.807) is 30.3 Å². The maximum Gasteiger partial charge on any atom is 0.254 e. The molecule has 1 heterocycles. The average Bonchev–Trinajstić information content (AvgIpc) is 2.94. The summed E-state index contributed by atoms with van der Waals surface area (Å²) in [7, 11) is 1.64. The minimum atomic E-state index is -0.174. The van der Waals surface area contributed by atoms with Crippen LogP contribution in [0.3, 0.4) is 0 Å². The van der Waals surface area contributed by atoms with Crippen molar-refractivity contribution in [3.05, 3.63) is 30.0 Å². The molecule has 2 aromatic rings. The Labute approximate surface area is 123 Å². The number of benzene rings is 1. The summed E-state index contributed by atoms with van der Waals surface area (Å²) >= 11 is 0. The molecular formula is C15H20N4O2. The van der Waals surface area contributed by atoms with E-state index in [4.69, 9.17) is 0 Å². The Morgan fingerprint density at radius 3 is 2.62 bits per heavy atom. The van der Waals surface area contributed by atoms with Crippen LogP contribution in [-0.4, -0.2) is 58.5 Å². The molecule has 1 aromatic heterocycles. The van der Waals surface area contributed by atoms with Crippen LogP contribution in [0.4, 0.5) is 0 Å². The van der Waals surface area contributed by atoms with Crippen molar-refractivity contribution in [2.75, 3.05) is 26.7 Å². The Balaban J connectivity index is 2.09. The van der Waals surface area contributed by atoms with Crippen molar-refractivity contribution >= 4 is 22.7 Å². The van der Waals surface area contributed by atoms with Crippen LogP contribution in [0.15, 0.2) is 24.4 Å². The van der Waals surface area contributed by atoms with Crippen molar-refractivity contribution in [3.8, 4) is 0 Å². The molecule has 0 atom stereocenters. The lowest BCUT2D eigenvalue weighted by Gasteiger charge is -2.23. The number of rotatable bonds is 5. The summed E-state index contributed by atoms with van der Waals surface area (Å²) in [5.74, 6) is -0.217. The second-order valence-electron chi connectivity index (χ2n) is 4.90. The maximum absolute atomic E-state index is 12.4. The van der Waals surface area contributed by atoms with Gasteiger partial charge in [-0.2, -0.15) is 5.10 Å². The van der Waals surface area contributed by atoms with E-state index >= 15 is 0 Å². The van der Waals surface area contributed by atoms with E-state index in [-0.39, 0.29) is 18.4 Å². The summed E-state index contributed by atoms with van der Waals surface area (Å²) in [6.07, 6.45) is 1.71. The molecule has 2 rings (SSSR count).